The van der Waals surface area contributed by atoms with Gasteiger partial charge in [-0.3, -0.25) is 0 Å². The third-order valence-electron chi connectivity index (χ3n) is 3.99. The minimum atomic E-state index is 1.30. The molecule has 0 spiro atoms. The van der Waals surface area contributed by atoms with Gasteiger partial charge in [0.2, 0.25) is 0 Å². The minimum absolute atomic E-state index is 1.30. The van der Waals surface area contributed by atoms with Gasteiger partial charge in [-0.1, -0.05) is 72.3 Å². The topological polar surface area (TPSA) is 0 Å². The van der Waals surface area contributed by atoms with Gasteiger partial charge < -0.3 is 0 Å². The van der Waals surface area contributed by atoms with Gasteiger partial charge in [0.05, 0.1) is 0 Å². The summed E-state index contributed by atoms with van der Waals surface area (Å²) in [6.45, 7) is 2.14. The van der Waals surface area contributed by atoms with Crippen LogP contribution in [0.4, 0.5) is 0 Å². The smallest absolute Gasteiger partial charge is 0.0218 e. The number of rotatable bonds is 1. The van der Waals surface area contributed by atoms with Gasteiger partial charge in [0.25, 0.3) is 0 Å². The van der Waals surface area contributed by atoms with Gasteiger partial charge in [-0.05, 0) is 40.3 Å². The molecule has 1 aliphatic rings. The molecule has 0 saturated heterocycles. The van der Waals surface area contributed by atoms with Gasteiger partial charge in [0.1, 0.15) is 0 Å². The Bertz CT molecular complexity index is 797. The third kappa shape index (κ3) is 1.69. The fraction of sp³-hybridized carbons (Fsp3) is 0.0500. The van der Waals surface area contributed by atoms with E-state index in [1.807, 2.05) is 0 Å². The SMILES string of the molecule is Cc1cccc(-c2cccc3c2[CH]c2ccccc2-3)c1. The maximum Gasteiger partial charge on any atom is 0.0218 e. The lowest BCUT2D eigenvalue weighted by atomic mass is 9.95. The average Bonchev–Trinajstić information content (AvgIpc) is 2.86. The Morgan fingerprint density at radius 2 is 1.40 bits per heavy atom. The molecule has 0 atom stereocenters. The molecule has 95 valence electrons. The quantitative estimate of drug-likeness (QED) is 0.436. The van der Waals surface area contributed by atoms with Gasteiger partial charge in [-0.2, -0.15) is 0 Å². The largest absolute Gasteiger partial charge is 0.0619 e. The van der Waals surface area contributed by atoms with Crippen molar-refractivity contribution in [3.63, 3.8) is 0 Å². The number of hydrogen-bond donors (Lipinski definition) is 0. The van der Waals surface area contributed by atoms with E-state index < -0.39 is 0 Å². The molecular weight excluding hydrogens is 240 g/mol. The van der Waals surface area contributed by atoms with Crippen molar-refractivity contribution in [2.24, 2.45) is 0 Å². The van der Waals surface area contributed by atoms with Gasteiger partial charge >= 0.3 is 0 Å². The van der Waals surface area contributed by atoms with Gasteiger partial charge in [-0.25, -0.2) is 0 Å². The first-order chi connectivity index (χ1) is 9.83. The van der Waals surface area contributed by atoms with Crippen LogP contribution in [-0.2, 0) is 0 Å². The van der Waals surface area contributed by atoms with Crippen LogP contribution in [0.1, 0.15) is 16.7 Å². The van der Waals surface area contributed by atoms with Crippen molar-refractivity contribution in [1.29, 1.82) is 0 Å². The van der Waals surface area contributed by atoms with Crippen molar-refractivity contribution < 1.29 is 0 Å². The lowest BCUT2D eigenvalue weighted by Crippen LogP contribution is -1.86. The summed E-state index contributed by atoms with van der Waals surface area (Å²) >= 11 is 0. The van der Waals surface area contributed by atoms with E-state index in [9.17, 15) is 0 Å². The van der Waals surface area contributed by atoms with Crippen molar-refractivity contribution >= 4 is 0 Å². The molecule has 1 aliphatic carbocycles. The molecule has 3 aromatic rings. The standard InChI is InChI=1S/C20H15/c1-14-6-4-8-15(12-14)18-10-5-11-19-17-9-3-2-7-16(17)13-20(18)19/h2-13H,1H3. The van der Waals surface area contributed by atoms with Crippen LogP contribution in [0.2, 0.25) is 0 Å². The number of aryl methyl sites for hydroxylation is 1. The van der Waals surface area contributed by atoms with E-state index in [0.717, 1.165) is 0 Å². The summed E-state index contributed by atoms with van der Waals surface area (Å²) in [5.41, 5.74) is 9.28. The maximum absolute atomic E-state index is 2.31. The molecule has 1 radical (unpaired) electrons. The molecule has 4 rings (SSSR count). The van der Waals surface area contributed by atoms with Gasteiger partial charge in [-0.15, -0.1) is 0 Å². The summed E-state index contributed by atoms with van der Waals surface area (Å²) in [5.74, 6) is 0. The highest BCUT2D eigenvalue weighted by Crippen LogP contribution is 2.42. The van der Waals surface area contributed by atoms with Crippen LogP contribution in [0.15, 0.2) is 66.7 Å². The van der Waals surface area contributed by atoms with Crippen LogP contribution in [0.25, 0.3) is 22.3 Å². The summed E-state index contributed by atoms with van der Waals surface area (Å²) in [4.78, 5) is 0. The molecule has 0 unspecified atom stereocenters. The fourth-order valence-corrected chi connectivity index (χ4v) is 3.04. The fourth-order valence-electron chi connectivity index (χ4n) is 3.04. The van der Waals surface area contributed by atoms with Crippen LogP contribution in [0.3, 0.4) is 0 Å². The molecule has 0 aliphatic heterocycles. The molecule has 3 aromatic carbocycles. The van der Waals surface area contributed by atoms with Crippen LogP contribution >= 0.6 is 0 Å². The van der Waals surface area contributed by atoms with Crippen molar-refractivity contribution in [3.05, 3.63) is 89.8 Å². The lowest BCUT2D eigenvalue weighted by molar-refractivity contribution is 1.45. The second-order valence-corrected chi connectivity index (χ2v) is 5.37. The van der Waals surface area contributed by atoms with E-state index in [-0.39, 0.29) is 0 Å². The normalized spacial score (nSPS) is 12.1. The molecule has 0 heterocycles. The van der Waals surface area contributed by atoms with Gasteiger partial charge in [0, 0.05) is 6.42 Å². The Morgan fingerprint density at radius 3 is 2.30 bits per heavy atom. The lowest BCUT2D eigenvalue weighted by Gasteiger charge is -2.09. The highest BCUT2D eigenvalue weighted by molar-refractivity contribution is 5.88. The molecule has 0 bridgehead atoms. The maximum atomic E-state index is 2.31. The molecule has 0 nitrogen and oxygen atoms in total. The number of hydrogen-bond acceptors (Lipinski definition) is 0. The second kappa shape index (κ2) is 4.35. The number of benzene rings is 3. The Hall–Kier alpha value is -2.34. The van der Waals surface area contributed by atoms with Crippen molar-refractivity contribution in [3.8, 4) is 22.3 Å². The van der Waals surface area contributed by atoms with Crippen LogP contribution in [0.5, 0.6) is 0 Å². The molecule has 0 saturated carbocycles. The first-order valence-corrected chi connectivity index (χ1v) is 6.97. The Morgan fingerprint density at radius 1 is 0.650 bits per heavy atom. The summed E-state index contributed by atoms with van der Waals surface area (Å²) in [5, 5.41) is 0. The Labute approximate surface area is 119 Å². The predicted octanol–water partition coefficient (Wildman–Crippen LogP) is 5.24. The molecule has 0 aromatic heterocycles. The van der Waals surface area contributed by atoms with Crippen LogP contribution < -0.4 is 0 Å². The van der Waals surface area contributed by atoms with Crippen molar-refractivity contribution in [1.82, 2.24) is 0 Å². The monoisotopic (exact) mass is 255 g/mol. The first-order valence-electron chi connectivity index (χ1n) is 6.97. The molecule has 0 heteroatoms. The second-order valence-electron chi connectivity index (χ2n) is 5.37. The predicted molar refractivity (Wildman–Crippen MR) is 84.6 cm³/mol. The molecule has 20 heavy (non-hydrogen) atoms. The van der Waals surface area contributed by atoms with E-state index in [2.05, 4.69) is 80.1 Å². The zero-order valence-corrected chi connectivity index (χ0v) is 11.4. The average molecular weight is 255 g/mol. The summed E-state index contributed by atoms with van der Waals surface area (Å²) in [7, 11) is 0. The van der Waals surface area contributed by atoms with E-state index in [1.165, 1.54) is 38.9 Å². The van der Waals surface area contributed by atoms with Gasteiger partial charge in [0.15, 0.2) is 0 Å². The van der Waals surface area contributed by atoms with E-state index >= 15 is 0 Å². The highest BCUT2D eigenvalue weighted by atomic mass is 14.2. The van der Waals surface area contributed by atoms with Crippen molar-refractivity contribution in [2.75, 3.05) is 0 Å². The summed E-state index contributed by atoms with van der Waals surface area (Å²) in [6.07, 6.45) is 2.31. The first kappa shape index (κ1) is 11.5. The summed E-state index contributed by atoms with van der Waals surface area (Å²) < 4.78 is 0. The Balaban J connectivity index is 1.94. The van der Waals surface area contributed by atoms with E-state index in [1.54, 1.807) is 0 Å². The zero-order valence-electron chi connectivity index (χ0n) is 11.4. The molecule has 0 amide bonds. The summed E-state index contributed by atoms with van der Waals surface area (Å²) in [6, 6.07) is 23.9. The molecular formula is C20H15. The highest BCUT2D eigenvalue weighted by Gasteiger charge is 2.21. The van der Waals surface area contributed by atoms with Crippen molar-refractivity contribution in [2.45, 2.75) is 6.92 Å². The molecule has 0 N–H and O–H groups in total. The number of fused-ring (bicyclic) bond motifs is 3. The minimum Gasteiger partial charge on any atom is -0.0619 e. The zero-order chi connectivity index (χ0) is 13.5. The molecule has 0 fully saturated rings. The third-order valence-corrected chi connectivity index (χ3v) is 3.99. The van der Waals surface area contributed by atoms with E-state index in [0.29, 0.717) is 0 Å². The van der Waals surface area contributed by atoms with E-state index in [4.69, 9.17) is 0 Å². The Kier molecular flexibility index (Phi) is 2.50. The van der Waals surface area contributed by atoms with Crippen LogP contribution in [0, 0.1) is 13.3 Å². The van der Waals surface area contributed by atoms with Crippen LogP contribution in [-0.4, -0.2) is 0 Å².